The summed E-state index contributed by atoms with van der Waals surface area (Å²) in [7, 11) is 1.70. The van der Waals surface area contributed by atoms with Crippen molar-refractivity contribution in [1.29, 1.82) is 0 Å². The first-order valence-electron chi connectivity index (χ1n) is 9.05. The first-order valence-corrected chi connectivity index (χ1v) is 10.3. The van der Waals surface area contributed by atoms with E-state index in [1.54, 1.807) is 49.8 Å². The second-order valence-corrected chi connectivity index (χ2v) is 8.43. The molecule has 0 radical (unpaired) electrons. The van der Waals surface area contributed by atoms with Crippen LogP contribution in [0.1, 0.15) is 18.2 Å². The van der Waals surface area contributed by atoms with Gasteiger partial charge in [-0.15, -0.1) is 0 Å². The number of halogens is 4. The second-order valence-electron chi connectivity index (χ2n) is 6.69. The average Bonchev–Trinajstić information content (AvgIpc) is 2.92. The molecular weight excluding hydrogens is 453 g/mol. The van der Waals surface area contributed by atoms with E-state index < -0.39 is 28.5 Å². The van der Waals surface area contributed by atoms with Gasteiger partial charge < -0.3 is 5.32 Å². The summed E-state index contributed by atoms with van der Waals surface area (Å²) in [6, 6.07) is 9.71. The minimum absolute atomic E-state index is 0.0868. The van der Waals surface area contributed by atoms with Crippen LogP contribution >= 0.6 is 23.4 Å². The van der Waals surface area contributed by atoms with E-state index in [0.717, 1.165) is 17.8 Å². The lowest BCUT2D eigenvalue weighted by molar-refractivity contribution is -0.137. The molecule has 0 aliphatic rings. The average molecular weight is 471 g/mol. The number of aromatic nitrogens is 3. The van der Waals surface area contributed by atoms with Gasteiger partial charge in [0, 0.05) is 13.2 Å². The number of rotatable bonds is 5. The maximum Gasteiger partial charge on any atom is 0.417 e. The number of pyridine rings is 1. The van der Waals surface area contributed by atoms with E-state index in [9.17, 15) is 22.8 Å². The fourth-order valence-corrected chi connectivity index (χ4v) is 3.91. The molecule has 3 rings (SSSR count). The SMILES string of the molecule is Cc1c(NC(=O)[C@H](C)Sc2ncc(C(F)(F)F)cc2Cl)c(=O)n(-c2ccccc2)n1C. The molecule has 1 aromatic carbocycles. The molecule has 1 atom stereocenters. The molecule has 2 heterocycles. The number of alkyl halides is 3. The zero-order valence-corrected chi connectivity index (χ0v) is 18.3. The quantitative estimate of drug-likeness (QED) is 0.550. The van der Waals surface area contributed by atoms with E-state index in [1.165, 1.54) is 4.68 Å². The van der Waals surface area contributed by atoms with Gasteiger partial charge in [-0.05, 0) is 32.0 Å². The highest BCUT2D eigenvalue weighted by molar-refractivity contribution is 8.00. The summed E-state index contributed by atoms with van der Waals surface area (Å²) < 4.78 is 41.3. The normalized spacial score (nSPS) is 12.6. The highest BCUT2D eigenvalue weighted by Gasteiger charge is 2.32. The monoisotopic (exact) mass is 470 g/mol. The minimum Gasteiger partial charge on any atom is -0.319 e. The maximum absolute atomic E-state index is 12.9. The van der Waals surface area contributed by atoms with Crippen LogP contribution in [0, 0.1) is 6.92 Å². The molecule has 0 saturated heterocycles. The zero-order valence-electron chi connectivity index (χ0n) is 16.7. The fraction of sp³-hybridized carbons (Fsp3) is 0.250. The number of carbonyl (C=O) groups excluding carboxylic acids is 1. The van der Waals surface area contributed by atoms with E-state index >= 15 is 0 Å². The summed E-state index contributed by atoms with van der Waals surface area (Å²) in [5, 5.41) is 1.73. The zero-order chi connectivity index (χ0) is 22.9. The highest BCUT2D eigenvalue weighted by Crippen LogP contribution is 2.35. The summed E-state index contributed by atoms with van der Waals surface area (Å²) in [4.78, 5) is 29.3. The number of para-hydroxylation sites is 1. The summed E-state index contributed by atoms with van der Waals surface area (Å²) in [5.74, 6) is -0.506. The molecule has 2 aromatic heterocycles. The van der Waals surface area contributed by atoms with Crippen molar-refractivity contribution in [2.75, 3.05) is 5.32 Å². The molecule has 0 aliphatic carbocycles. The van der Waals surface area contributed by atoms with Gasteiger partial charge in [0.25, 0.3) is 5.56 Å². The maximum atomic E-state index is 12.9. The number of anilines is 1. The molecule has 1 N–H and O–H groups in total. The molecule has 6 nitrogen and oxygen atoms in total. The van der Waals surface area contributed by atoms with Crippen LogP contribution in [0.4, 0.5) is 18.9 Å². The largest absolute Gasteiger partial charge is 0.417 e. The number of amides is 1. The number of nitrogens with one attached hydrogen (secondary N) is 1. The number of hydrogen-bond donors (Lipinski definition) is 1. The van der Waals surface area contributed by atoms with E-state index in [1.807, 2.05) is 6.07 Å². The van der Waals surface area contributed by atoms with Gasteiger partial charge in [0.2, 0.25) is 5.91 Å². The van der Waals surface area contributed by atoms with Gasteiger partial charge in [0.15, 0.2) is 0 Å². The lowest BCUT2D eigenvalue weighted by Gasteiger charge is -2.13. The Morgan fingerprint density at radius 3 is 2.48 bits per heavy atom. The summed E-state index contributed by atoms with van der Waals surface area (Å²) >= 11 is 6.81. The number of thioether (sulfide) groups is 1. The van der Waals surface area contributed by atoms with Crippen molar-refractivity contribution in [3.63, 3.8) is 0 Å². The van der Waals surface area contributed by atoms with Gasteiger partial charge in [-0.25, -0.2) is 9.67 Å². The van der Waals surface area contributed by atoms with Crippen LogP contribution in [0.3, 0.4) is 0 Å². The van der Waals surface area contributed by atoms with Crippen molar-refractivity contribution in [2.24, 2.45) is 7.05 Å². The summed E-state index contributed by atoms with van der Waals surface area (Å²) in [6.45, 7) is 3.24. The third-order valence-corrected chi connectivity index (χ3v) is 6.11. The van der Waals surface area contributed by atoms with E-state index in [2.05, 4.69) is 10.3 Å². The first-order chi connectivity index (χ1) is 14.5. The lowest BCUT2D eigenvalue weighted by Crippen LogP contribution is -2.27. The van der Waals surface area contributed by atoms with Crippen molar-refractivity contribution >= 4 is 35.0 Å². The molecule has 31 heavy (non-hydrogen) atoms. The van der Waals surface area contributed by atoms with Crippen LogP contribution < -0.4 is 10.9 Å². The third kappa shape index (κ3) is 4.80. The van der Waals surface area contributed by atoms with Crippen molar-refractivity contribution < 1.29 is 18.0 Å². The van der Waals surface area contributed by atoms with Crippen LogP contribution in [-0.2, 0) is 18.0 Å². The predicted molar refractivity (Wildman–Crippen MR) is 114 cm³/mol. The fourth-order valence-electron chi connectivity index (χ4n) is 2.83. The Labute approximate surface area is 185 Å². The van der Waals surface area contributed by atoms with Gasteiger partial charge in [0.1, 0.15) is 10.7 Å². The van der Waals surface area contributed by atoms with Crippen molar-refractivity contribution in [1.82, 2.24) is 14.3 Å². The van der Waals surface area contributed by atoms with Crippen LogP contribution in [-0.4, -0.2) is 25.5 Å². The topological polar surface area (TPSA) is 68.9 Å². The van der Waals surface area contributed by atoms with Crippen LogP contribution in [0.2, 0.25) is 5.02 Å². The molecule has 0 bridgehead atoms. The Hall–Kier alpha value is -2.72. The highest BCUT2D eigenvalue weighted by atomic mass is 35.5. The Morgan fingerprint density at radius 1 is 1.26 bits per heavy atom. The molecule has 0 saturated carbocycles. The standard InChI is InChI=1S/C20H18ClF3N4O2S/c1-11-16(19(30)28(27(11)3)14-7-5-4-6-8-14)26-17(29)12(2)31-18-15(21)9-13(10-25-18)20(22,23)24/h4-10,12H,1-3H3,(H,26,29)/t12-/m0/s1. The Balaban J connectivity index is 1.80. The smallest absolute Gasteiger partial charge is 0.319 e. The molecule has 3 aromatic rings. The molecule has 1 amide bonds. The molecule has 0 aliphatic heterocycles. The van der Waals surface area contributed by atoms with E-state index in [4.69, 9.17) is 11.6 Å². The van der Waals surface area contributed by atoms with Crippen molar-refractivity contribution in [2.45, 2.75) is 30.3 Å². The van der Waals surface area contributed by atoms with E-state index in [-0.39, 0.29) is 15.7 Å². The predicted octanol–water partition coefficient (Wildman–Crippen LogP) is 4.67. The lowest BCUT2D eigenvalue weighted by atomic mass is 10.3. The summed E-state index contributed by atoms with van der Waals surface area (Å²) in [5.41, 5.74) is -0.0649. The minimum atomic E-state index is -4.56. The molecular formula is C20H18ClF3N4O2S. The van der Waals surface area contributed by atoms with Crippen LogP contribution in [0.25, 0.3) is 5.69 Å². The van der Waals surface area contributed by atoms with Gasteiger partial charge >= 0.3 is 6.18 Å². The molecule has 0 fully saturated rings. The second kappa shape index (κ2) is 8.80. The van der Waals surface area contributed by atoms with Gasteiger partial charge in [-0.2, -0.15) is 13.2 Å². The Morgan fingerprint density at radius 2 is 1.90 bits per heavy atom. The molecule has 11 heteroatoms. The summed E-state index contributed by atoms with van der Waals surface area (Å²) in [6.07, 6.45) is -3.90. The molecule has 0 spiro atoms. The Kier molecular flexibility index (Phi) is 6.51. The first kappa shape index (κ1) is 23.0. The number of nitrogens with zero attached hydrogens (tertiary/aromatic N) is 3. The number of benzene rings is 1. The van der Waals surface area contributed by atoms with Crippen LogP contribution in [0.15, 0.2) is 52.4 Å². The molecule has 164 valence electrons. The van der Waals surface area contributed by atoms with E-state index in [0.29, 0.717) is 17.6 Å². The van der Waals surface area contributed by atoms with Crippen molar-refractivity contribution in [3.8, 4) is 5.69 Å². The van der Waals surface area contributed by atoms with Gasteiger partial charge in [-0.3, -0.25) is 14.3 Å². The molecule has 0 unspecified atom stereocenters. The number of hydrogen-bond acceptors (Lipinski definition) is 4. The van der Waals surface area contributed by atoms with Gasteiger partial charge in [0.05, 0.1) is 27.2 Å². The Bertz CT molecular complexity index is 1180. The van der Waals surface area contributed by atoms with Gasteiger partial charge in [-0.1, -0.05) is 41.6 Å². The third-order valence-electron chi connectivity index (χ3n) is 4.59. The number of carbonyl (C=O) groups is 1. The van der Waals surface area contributed by atoms with Crippen molar-refractivity contribution in [3.05, 3.63) is 69.2 Å². The van der Waals surface area contributed by atoms with Crippen LogP contribution in [0.5, 0.6) is 0 Å².